The molecule has 1 amide bonds. The fraction of sp³-hybridized carbons (Fsp3) is 0.529. The molecule has 0 aromatic heterocycles. The molecule has 1 aromatic carbocycles. The fourth-order valence-electron chi connectivity index (χ4n) is 1.88. The summed E-state index contributed by atoms with van der Waals surface area (Å²) < 4.78 is 9.84. The van der Waals surface area contributed by atoms with Gasteiger partial charge in [0.25, 0.3) is 0 Å². The van der Waals surface area contributed by atoms with Crippen molar-refractivity contribution < 1.29 is 19.1 Å². The Kier molecular flexibility index (Phi) is 7.54. The summed E-state index contributed by atoms with van der Waals surface area (Å²) in [4.78, 5) is 22.9. The second kappa shape index (κ2) is 9.15. The number of ether oxygens (including phenoxy) is 2. The van der Waals surface area contributed by atoms with Crippen LogP contribution in [0.4, 0.5) is 4.79 Å². The van der Waals surface area contributed by atoms with E-state index in [-0.39, 0.29) is 5.97 Å². The molecule has 0 bridgehead atoms. The van der Waals surface area contributed by atoms with Crippen molar-refractivity contribution in [3.8, 4) is 0 Å². The van der Waals surface area contributed by atoms with Gasteiger partial charge in [-0.05, 0) is 51.4 Å². The highest BCUT2D eigenvalue weighted by atomic mass is 16.6. The number of rotatable bonds is 7. The number of nitrogens with one attached hydrogen (secondary N) is 2. The maximum atomic E-state index is 11.4. The Labute approximate surface area is 137 Å². The number of carbonyl (C=O) groups is 2. The van der Waals surface area contributed by atoms with Crippen molar-refractivity contribution in [1.29, 1.82) is 0 Å². The number of alkyl carbamates (subject to hydrolysis) is 1. The molecule has 0 fully saturated rings. The minimum atomic E-state index is -0.479. The number of methoxy groups -OCH3 is 1. The third kappa shape index (κ3) is 8.21. The van der Waals surface area contributed by atoms with E-state index in [0.29, 0.717) is 18.7 Å². The molecule has 0 aliphatic heterocycles. The van der Waals surface area contributed by atoms with Crippen LogP contribution in [0.3, 0.4) is 0 Å². The van der Waals surface area contributed by atoms with Gasteiger partial charge in [-0.1, -0.05) is 12.1 Å². The maximum absolute atomic E-state index is 11.4. The number of hydrogen-bond acceptors (Lipinski definition) is 5. The molecule has 128 valence electrons. The van der Waals surface area contributed by atoms with Gasteiger partial charge in [-0.15, -0.1) is 0 Å². The van der Waals surface area contributed by atoms with Crippen LogP contribution in [-0.2, 0) is 16.0 Å². The Bertz CT molecular complexity index is 524. The minimum absolute atomic E-state index is 0.339. The topological polar surface area (TPSA) is 76.7 Å². The SMILES string of the molecule is COC(=O)c1cccc(CNCCCNC(=O)OC(C)(C)C)c1. The highest BCUT2D eigenvalue weighted by Gasteiger charge is 2.15. The standard InChI is InChI=1S/C17H26N2O4/c1-17(2,3)23-16(21)19-10-6-9-18-12-13-7-5-8-14(11-13)15(20)22-4/h5,7-8,11,18H,6,9-10,12H2,1-4H3,(H,19,21). The molecular weight excluding hydrogens is 296 g/mol. The Morgan fingerprint density at radius 1 is 1.17 bits per heavy atom. The van der Waals surface area contributed by atoms with Crippen LogP contribution in [0, 0.1) is 0 Å². The Morgan fingerprint density at radius 3 is 2.57 bits per heavy atom. The number of esters is 1. The van der Waals surface area contributed by atoms with E-state index in [0.717, 1.165) is 18.5 Å². The molecule has 0 saturated heterocycles. The largest absolute Gasteiger partial charge is 0.465 e. The summed E-state index contributed by atoms with van der Waals surface area (Å²) in [6, 6.07) is 7.30. The van der Waals surface area contributed by atoms with Gasteiger partial charge in [-0.2, -0.15) is 0 Å². The molecule has 0 heterocycles. The van der Waals surface area contributed by atoms with Crippen molar-refractivity contribution in [1.82, 2.24) is 10.6 Å². The van der Waals surface area contributed by atoms with Crippen molar-refractivity contribution in [2.24, 2.45) is 0 Å². The van der Waals surface area contributed by atoms with Gasteiger partial charge >= 0.3 is 12.1 Å². The Morgan fingerprint density at radius 2 is 1.91 bits per heavy atom. The van der Waals surface area contributed by atoms with Gasteiger partial charge in [-0.3, -0.25) is 0 Å². The number of hydrogen-bond donors (Lipinski definition) is 2. The van der Waals surface area contributed by atoms with E-state index in [1.54, 1.807) is 12.1 Å². The molecule has 0 saturated carbocycles. The Hall–Kier alpha value is -2.08. The molecule has 0 aliphatic rings. The average molecular weight is 322 g/mol. The second-order valence-corrected chi connectivity index (χ2v) is 6.15. The van der Waals surface area contributed by atoms with E-state index in [1.165, 1.54) is 7.11 Å². The third-order valence-corrected chi connectivity index (χ3v) is 2.88. The fourth-order valence-corrected chi connectivity index (χ4v) is 1.88. The maximum Gasteiger partial charge on any atom is 0.407 e. The number of amides is 1. The summed E-state index contributed by atoms with van der Waals surface area (Å²) >= 11 is 0. The van der Waals surface area contributed by atoms with Crippen molar-refractivity contribution in [3.63, 3.8) is 0 Å². The summed E-state index contributed by atoms with van der Waals surface area (Å²) in [5, 5.41) is 5.97. The first kappa shape index (κ1) is 19.0. The number of benzene rings is 1. The molecule has 6 heteroatoms. The molecule has 6 nitrogen and oxygen atoms in total. The normalized spacial score (nSPS) is 11.0. The van der Waals surface area contributed by atoms with Gasteiger partial charge in [0.2, 0.25) is 0 Å². The zero-order valence-electron chi connectivity index (χ0n) is 14.3. The smallest absolute Gasteiger partial charge is 0.407 e. The lowest BCUT2D eigenvalue weighted by Crippen LogP contribution is -2.33. The molecular formula is C17H26N2O4. The summed E-state index contributed by atoms with van der Waals surface area (Å²) in [6.45, 7) is 7.43. The third-order valence-electron chi connectivity index (χ3n) is 2.88. The molecule has 23 heavy (non-hydrogen) atoms. The van der Waals surface area contributed by atoms with Crippen LogP contribution in [0.2, 0.25) is 0 Å². The first-order valence-electron chi connectivity index (χ1n) is 7.66. The van der Waals surface area contributed by atoms with Crippen molar-refractivity contribution in [2.45, 2.75) is 39.3 Å². The molecule has 0 spiro atoms. The van der Waals surface area contributed by atoms with Crippen LogP contribution in [0.25, 0.3) is 0 Å². The van der Waals surface area contributed by atoms with Gasteiger partial charge < -0.3 is 20.1 Å². The highest BCUT2D eigenvalue weighted by Crippen LogP contribution is 2.07. The quantitative estimate of drug-likeness (QED) is 0.596. The van der Waals surface area contributed by atoms with Gasteiger partial charge in [0, 0.05) is 13.1 Å². The molecule has 0 radical (unpaired) electrons. The molecule has 1 rings (SSSR count). The summed E-state index contributed by atoms with van der Waals surface area (Å²) in [7, 11) is 1.37. The molecule has 1 aromatic rings. The zero-order chi connectivity index (χ0) is 17.3. The van der Waals surface area contributed by atoms with Crippen LogP contribution in [0.1, 0.15) is 43.1 Å². The van der Waals surface area contributed by atoms with E-state index in [1.807, 2.05) is 32.9 Å². The predicted octanol–water partition coefficient (Wildman–Crippen LogP) is 2.48. The lowest BCUT2D eigenvalue weighted by Gasteiger charge is -2.19. The van der Waals surface area contributed by atoms with Gasteiger partial charge in [0.05, 0.1) is 12.7 Å². The van der Waals surface area contributed by atoms with Crippen molar-refractivity contribution >= 4 is 12.1 Å². The van der Waals surface area contributed by atoms with Crippen LogP contribution >= 0.6 is 0 Å². The van der Waals surface area contributed by atoms with Crippen molar-refractivity contribution in [3.05, 3.63) is 35.4 Å². The van der Waals surface area contributed by atoms with E-state index < -0.39 is 11.7 Å². The summed E-state index contributed by atoms with van der Waals surface area (Å²) in [5.74, 6) is -0.339. The first-order chi connectivity index (χ1) is 10.8. The monoisotopic (exact) mass is 322 g/mol. The van der Waals surface area contributed by atoms with Gasteiger partial charge in [0.1, 0.15) is 5.60 Å². The number of carbonyl (C=O) groups excluding carboxylic acids is 2. The summed E-state index contributed by atoms with van der Waals surface area (Å²) in [5.41, 5.74) is 1.07. The van der Waals surface area contributed by atoms with Gasteiger partial charge in [0.15, 0.2) is 0 Å². The van der Waals surface area contributed by atoms with E-state index in [4.69, 9.17) is 9.47 Å². The summed E-state index contributed by atoms with van der Waals surface area (Å²) in [6.07, 6.45) is 0.388. The highest BCUT2D eigenvalue weighted by molar-refractivity contribution is 5.89. The van der Waals surface area contributed by atoms with E-state index in [2.05, 4.69) is 10.6 Å². The van der Waals surface area contributed by atoms with Crippen LogP contribution in [-0.4, -0.2) is 37.9 Å². The predicted molar refractivity (Wildman–Crippen MR) is 88.3 cm³/mol. The van der Waals surface area contributed by atoms with Crippen molar-refractivity contribution in [2.75, 3.05) is 20.2 Å². The van der Waals surface area contributed by atoms with Gasteiger partial charge in [-0.25, -0.2) is 9.59 Å². The first-order valence-corrected chi connectivity index (χ1v) is 7.66. The molecule has 0 unspecified atom stereocenters. The second-order valence-electron chi connectivity index (χ2n) is 6.15. The Balaban J connectivity index is 2.20. The van der Waals surface area contributed by atoms with E-state index >= 15 is 0 Å². The van der Waals surface area contributed by atoms with Crippen LogP contribution < -0.4 is 10.6 Å². The lowest BCUT2D eigenvalue weighted by molar-refractivity contribution is 0.0526. The molecule has 0 atom stereocenters. The lowest BCUT2D eigenvalue weighted by atomic mass is 10.1. The van der Waals surface area contributed by atoms with Crippen LogP contribution in [0.5, 0.6) is 0 Å². The zero-order valence-corrected chi connectivity index (χ0v) is 14.3. The van der Waals surface area contributed by atoms with Crippen LogP contribution in [0.15, 0.2) is 24.3 Å². The molecule has 0 aliphatic carbocycles. The average Bonchev–Trinajstić information content (AvgIpc) is 2.48. The minimum Gasteiger partial charge on any atom is -0.465 e. The van der Waals surface area contributed by atoms with E-state index in [9.17, 15) is 9.59 Å². The molecule has 2 N–H and O–H groups in total.